The van der Waals surface area contributed by atoms with Gasteiger partial charge in [-0.25, -0.2) is 9.18 Å². The zero-order chi connectivity index (χ0) is 16.6. The number of nitrogens with one attached hydrogen (secondary N) is 1. The number of urea groups is 1. The smallest absolute Gasteiger partial charge is 0.325 e. The molecule has 0 unspecified atom stereocenters. The van der Waals surface area contributed by atoms with Gasteiger partial charge in [0.25, 0.3) is 5.91 Å². The second kappa shape index (κ2) is 5.75. The van der Waals surface area contributed by atoms with Crippen molar-refractivity contribution in [2.45, 2.75) is 18.6 Å². The Kier molecular flexibility index (Phi) is 3.91. The Morgan fingerprint density at radius 3 is 2.61 bits per heavy atom. The Hall–Kier alpha value is -2.25. The lowest BCUT2D eigenvalue weighted by molar-refractivity contribution is -0.132. The van der Waals surface area contributed by atoms with E-state index in [4.69, 9.17) is 0 Å². The third-order valence-electron chi connectivity index (χ3n) is 3.90. The summed E-state index contributed by atoms with van der Waals surface area (Å²) in [5.74, 6) is -0.827. The van der Waals surface area contributed by atoms with Gasteiger partial charge < -0.3 is 10.4 Å². The number of imide groups is 1. The maximum Gasteiger partial charge on any atom is 0.325 e. The average molecular weight is 334 g/mol. The molecule has 0 aliphatic carbocycles. The van der Waals surface area contributed by atoms with Crippen molar-refractivity contribution in [2.75, 3.05) is 6.54 Å². The number of carbonyl (C=O) groups excluding carboxylic acids is 2. The summed E-state index contributed by atoms with van der Waals surface area (Å²) >= 11 is 1.38. The van der Waals surface area contributed by atoms with Gasteiger partial charge in [0.15, 0.2) is 5.54 Å². The number of amides is 3. The number of nitrogens with zero attached hydrogens (tertiary/aromatic N) is 1. The van der Waals surface area contributed by atoms with Crippen LogP contribution >= 0.6 is 11.3 Å². The summed E-state index contributed by atoms with van der Waals surface area (Å²) in [7, 11) is 0. The first-order valence-corrected chi connectivity index (χ1v) is 7.91. The predicted molar refractivity (Wildman–Crippen MR) is 83.3 cm³/mol. The molecule has 1 aliphatic heterocycles. The molecule has 2 heterocycles. The highest BCUT2D eigenvalue weighted by molar-refractivity contribution is 7.10. The van der Waals surface area contributed by atoms with Crippen LogP contribution < -0.4 is 5.32 Å². The number of thiophene rings is 1. The van der Waals surface area contributed by atoms with Gasteiger partial charge >= 0.3 is 6.03 Å². The maximum atomic E-state index is 12.9. The summed E-state index contributed by atoms with van der Waals surface area (Å²) in [6.45, 7) is 1.46. The van der Waals surface area contributed by atoms with Gasteiger partial charge in [0.1, 0.15) is 5.82 Å². The molecule has 2 N–H and O–H groups in total. The average Bonchev–Trinajstić information content (AvgIpc) is 3.12. The van der Waals surface area contributed by atoms with Gasteiger partial charge in [0, 0.05) is 4.88 Å². The third-order valence-corrected chi connectivity index (χ3v) is 4.99. The van der Waals surface area contributed by atoms with Crippen LogP contribution in [-0.2, 0) is 10.3 Å². The van der Waals surface area contributed by atoms with Crippen molar-refractivity contribution < 1.29 is 19.1 Å². The summed E-state index contributed by atoms with van der Waals surface area (Å²) < 4.78 is 12.9. The highest BCUT2D eigenvalue weighted by Gasteiger charge is 2.50. The molecule has 1 fully saturated rings. The van der Waals surface area contributed by atoms with Crippen molar-refractivity contribution in [3.05, 3.63) is 58.0 Å². The number of hydrogen-bond acceptors (Lipinski definition) is 4. The van der Waals surface area contributed by atoms with E-state index in [2.05, 4.69) is 5.32 Å². The minimum atomic E-state index is -1.12. The molecule has 1 aromatic carbocycles. The lowest BCUT2D eigenvalue weighted by Gasteiger charge is -2.21. The molecule has 23 heavy (non-hydrogen) atoms. The normalized spacial score (nSPS) is 22.3. The number of aliphatic hydroxyl groups excluding tert-OH is 1. The summed E-state index contributed by atoms with van der Waals surface area (Å²) in [6, 6.07) is 8.34. The highest BCUT2D eigenvalue weighted by atomic mass is 32.1. The molecule has 0 bridgehead atoms. The Labute approximate surface area is 136 Å². The molecule has 5 nitrogen and oxygen atoms in total. The Morgan fingerprint density at radius 2 is 2.00 bits per heavy atom. The zero-order valence-corrected chi connectivity index (χ0v) is 13.1. The van der Waals surface area contributed by atoms with E-state index < -0.39 is 29.4 Å². The highest BCUT2D eigenvalue weighted by Crippen LogP contribution is 2.32. The van der Waals surface area contributed by atoms with E-state index in [0.29, 0.717) is 5.56 Å². The van der Waals surface area contributed by atoms with Crippen LogP contribution in [0.2, 0.25) is 0 Å². The van der Waals surface area contributed by atoms with Crippen molar-refractivity contribution in [3.8, 4) is 0 Å². The van der Waals surface area contributed by atoms with Crippen LogP contribution in [0.1, 0.15) is 23.5 Å². The molecule has 0 saturated carbocycles. The Bertz CT molecular complexity index is 732. The first-order chi connectivity index (χ1) is 10.9. The molecule has 0 radical (unpaired) electrons. The summed E-state index contributed by atoms with van der Waals surface area (Å²) in [5, 5.41) is 14.7. The largest absolute Gasteiger partial charge is 0.387 e. The molecule has 3 amide bonds. The van der Waals surface area contributed by atoms with E-state index in [0.717, 1.165) is 9.78 Å². The minimum Gasteiger partial charge on any atom is -0.387 e. The number of hydrogen-bond donors (Lipinski definition) is 2. The second-order valence-corrected chi connectivity index (χ2v) is 6.46. The number of aliphatic hydroxyl groups is 1. The molecule has 1 aromatic heterocycles. The fourth-order valence-corrected chi connectivity index (χ4v) is 3.39. The molecular weight excluding hydrogens is 319 g/mol. The van der Waals surface area contributed by atoms with Crippen LogP contribution in [-0.4, -0.2) is 28.5 Å². The fraction of sp³-hybridized carbons (Fsp3) is 0.250. The van der Waals surface area contributed by atoms with Gasteiger partial charge in [-0.2, -0.15) is 0 Å². The van der Waals surface area contributed by atoms with Gasteiger partial charge in [-0.3, -0.25) is 9.69 Å². The Morgan fingerprint density at radius 1 is 1.30 bits per heavy atom. The molecule has 7 heteroatoms. The van der Waals surface area contributed by atoms with Crippen molar-refractivity contribution in [1.82, 2.24) is 10.2 Å². The molecule has 1 saturated heterocycles. The maximum absolute atomic E-state index is 12.9. The number of β-amino-alcohol motifs (C(OH)–C–C–N with tert-alkyl or cyclic N) is 1. The molecule has 2 atom stereocenters. The lowest BCUT2D eigenvalue weighted by Crippen LogP contribution is -2.40. The molecule has 2 aromatic rings. The molecule has 120 valence electrons. The minimum absolute atomic E-state index is 0.183. The van der Waals surface area contributed by atoms with Gasteiger partial charge in [0.05, 0.1) is 12.6 Å². The van der Waals surface area contributed by atoms with E-state index >= 15 is 0 Å². The van der Waals surface area contributed by atoms with Crippen molar-refractivity contribution in [2.24, 2.45) is 0 Å². The van der Waals surface area contributed by atoms with Gasteiger partial charge in [-0.1, -0.05) is 18.2 Å². The predicted octanol–water partition coefficient (Wildman–Crippen LogP) is 2.39. The van der Waals surface area contributed by atoms with E-state index in [1.165, 1.54) is 35.6 Å². The third kappa shape index (κ3) is 2.73. The van der Waals surface area contributed by atoms with E-state index in [1.54, 1.807) is 19.1 Å². The summed E-state index contributed by atoms with van der Waals surface area (Å²) in [6.07, 6.45) is -1.07. The topological polar surface area (TPSA) is 69.6 Å². The van der Waals surface area contributed by atoms with Gasteiger partial charge in [-0.05, 0) is 36.1 Å². The quantitative estimate of drug-likeness (QED) is 0.844. The molecule has 0 spiro atoms. The molecular formula is C16H15FN2O3S. The lowest BCUT2D eigenvalue weighted by atomic mass is 10.0. The second-order valence-electron chi connectivity index (χ2n) is 5.52. The van der Waals surface area contributed by atoms with E-state index in [1.807, 2.05) is 5.38 Å². The van der Waals surface area contributed by atoms with Crippen LogP contribution in [0, 0.1) is 5.82 Å². The Balaban J connectivity index is 1.79. The first-order valence-electron chi connectivity index (χ1n) is 7.03. The van der Waals surface area contributed by atoms with Crippen LogP contribution in [0.5, 0.6) is 0 Å². The monoisotopic (exact) mass is 334 g/mol. The molecule has 3 rings (SSSR count). The fourth-order valence-electron chi connectivity index (χ4n) is 2.56. The van der Waals surface area contributed by atoms with Crippen molar-refractivity contribution in [1.29, 1.82) is 0 Å². The number of carbonyl (C=O) groups is 2. The zero-order valence-electron chi connectivity index (χ0n) is 12.3. The van der Waals surface area contributed by atoms with Crippen LogP contribution in [0.4, 0.5) is 9.18 Å². The van der Waals surface area contributed by atoms with Crippen molar-refractivity contribution in [3.63, 3.8) is 0 Å². The van der Waals surface area contributed by atoms with E-state index in [-0.39, 0.29) is 6.54 Å². The van der Waals surface area contributed by atoms with Crippen molar-refractivity contribution >= 4 is 23.3 Å². The van der Waals surface area contributed by atoms with Crippen LogP contribution in [0.3, 0.4) is 0 Å². The summed E-state index contributed by atoms with van der Waals surface area (Å²) in [5.41, 5.74) is -0.676. The van der Waals surface area contributed by atoms with Gasteiger partial charge in [-0.15, -0.1) is 11.3 Å². The van der Waals surface area contributed by atoms with Crippen LogP contribution in [0.25, 0.3) is 0 Å². The summed E-state index contributed by atoms with van der Waals surface area (Å²) in [4.78, 5) is 26.5. The van der Waals surface area contributed by atoms with Crippen LogP contribution in [0.15, 0.2) is 41.8 Å². The number of halogens is 1. The first kappa shape index (κ1) is 15.6. The SMILES string of the molecule is C[C@]1(c2cccs2)NC(=O)N(C[C@H](O)c2ccc(F)cc2)C1=O. The molecule has 1 aliphatic rings. The number of benzene rings is 1. The number of rotatable bonds is 4. The van der Waals surface area contributed by atoms with E-state index in [9.17, 15) is 19.1 Å². The standard InChI is InChI=1S/C16H15FN2O3S/c1-16(13-3-2-8-23-13)14(21)19(15(22)18-16)9-12(20)10-4-6-11(17)7-5-10/h2-8,12,20H,9H2,1H3,(H,18,22)/t12-,16+/m0/s1. The van der Waals surface area contributed by atoms with Gasteiger partial charge in [0.2, 0.25) is 0 Å².